The predicted octanol–water partition coefficient (Wildman–Crippen LogP) is 2.83. The molecule has 0 unspecified atom stereocenters. The lowest BCUT2D eigenvalue weighted by atomic mass is 10.1. The number of carbonyl (C=O) groups is 3. The summed E-state index contributed by atoms with van der Waals surface area (Å²) in [4.78, 5) is 43.2. The SMILES string of the molecule is O=C(CC[C@H]1CN(c2cc(F)c(N3CCON(C(=O)NC4CC4)CC3)c(F)c2)C(=O)O1)C(F)F. The normalized spacial score (nSPS) is 21.0. The average Bonchev–Trinajstić information content (AvgIpc) is 3.55. The molecule has 2 aliphatic heterocycles. The third-order valence-corrected chi connectivity index (χ3v) is 5.77. The summed E-state index contributed by atoms with van der Waals surface area (Å²) in [6.07, 6.45) is -3.61. The van der Waals surface area contributed by atoms with Gasteiger partial charge < -0.3 is 15.0 Å². The summed E-state index contributed by atoms with van der Waals surface area (Å²) in [5, 5.41) is 3.93. The molecule has 1 saturated carbocycles. The maximum absolute atomic E-state index is 15.0. The minimum atomic E-state index is -3.10. The highest BCUT2D eigenvalue weighted by Crippen LogP contribution is 2.32. The maximum Gasteiger partial charge on any atom is 0.414 e. The number of hydrogen-bond donors (Lipinski definition) is 1. The van der Waals surface area contributed by atoms with Crippen LogP contribution in [0.3, 0.4) is 0 Å². The molecule has 0 bridgehead atoms. The number of halogens is 4. The maximum atomic E-state index is 15.0. The van der Waals surface area contributed by atoms with Crippen molar-refractivity contribution in [3.63, 3.8) is 0 Å². The van der Waals surface area contributed by atoms with Crippen LogP contribution >= 0.6 is 0 Å². The molecule has 1 N–H and O–H groups in total. The first kappa shape index (κ1) is 24.0. The molecule has 0 radical (unpaired) electrons. The first-order valence-corrected chi connectivity index (χ1v) is 11.0. The van der Waals surface area contributed by atoms with Gasteiger partial charge in [-0.3, -0.25) is 14.5 Å². The van der Waals surface area contributed by atoms with Crippen LogP contribution in [0.25, 0.3) is 0 Å². The van der Waals surface area contributed by atoms with Crippen LogP contribution in [0.1, 0.15) is 25.7 Å². The quantitative estimate of drug-likeness (QED) is 0.594. The summed E-state index contributed by atoms with van der Waals surface area (Å²) in [7, 11) is 0. The summed E-state index contributed by atoms with van der Waals surface area (Å²) < 4.78 is 59.7. The number of hydroxylamine groups is 2. The van der Waals surface area contributed by atoms with Crippen LogP contribution in [0.2, 0.25) is 0 Å². The highest BCUT2D eigenvalue weighted by Gasteiger charge is 2.35. The van der Waals surface area contributed by atoms with E-state index in [1.807, 2.05) is 0 Å². The van der Waals surface area contributed by atoms with Crippen molar-refractivity contribution in [3.8, 4) is 0 Å². The Balaban J connectivity index is 1.40. The third-order valence-electron chi connectivity index (χ3n) is 5.77. The Bertz CT molecular complexity index is 938. The number of Topliss-reactive ketones (excluding diaryl/α,β-unsaturated/α-hetero) is 1. The highest BCUT2D eigenvalue weighted by molar-refractivity contribution is 5.90. The Kier molecular flexibility index (Phi) is 7.10. The largest absolute Gasteiger partial charge is 0.444 e. The topological polar surface area (TPSA) is 91.4 Å². The van der Waals surface area contributed by atoms with Gasteiger partial charge in [0.15, 0.2) is 17.4 Å². The van der Waals surface area contributed by atoms with E-state index in [1.54, 1.807) is 0 Å². The van der Waals surface area contributed by atoms with Gasteiger partial charge in [-0.2, -0.15) is 0 Å². The number of nitrogens with zero attached hydrogens (tertiary/aromatic N) is 3. The minimum Gasteiger partial charge on any atom is -0.444 e. The molecule has 9 nitrogen and oxygen atoms in total. The number of rotatable bonds is 7. The fraction of sp³-hybridized carbons (Fsp3) is 0.571. The molecule has 186 valence electrons. The number of alkyl halides is 2. The number of benzene rings is 1. The molecule has 4 rings (SSSR count). The van der Waals surface area contributed by atoms with Crippen LogP contribution in [-0.2, 0) is 14.4 Å². The van der Waals surface area contributed by atoms with Crippen molar-refractivity contribution in [1.82, 2.24) is 10.4 Å². The summed E-state index contributed by atoms with van der Waals surface area (Å²) >= 11 is 0. The number of nitrogens with one attached hydrogen (secondary N) is 1. The number of ether oxygens (including phenoxy) is 1. The highest BCUT2D eigenvalue weighted by atomic mass is 19.3. The van der Waals surface area contributed by atoms with Gasteiger partial charge in [-0.05, 0) is 19.3 Å². The second kappa shape index (κ2) is 10.0. The number of anilines is 2. The van der Waals surface area contributed by atoms with Crippen LogP contribution in [0, 0.1) is 11.6 Å². The summed E-state index contributed by atoms with van der Waals surface area (Å²) in [6.45, 7) is 0.257. The van der Waals surface area contributed by atoms with Crippen LogP contribution in [0.4, 0.5) is 38.5 Å². The molecule has 2 heterocycles. The summed E-state index contributed by atoms with van der Waals surface area (Å²) in [5.74, 6) is -3.11. The molecule has 1 atom stereocenters. The number of urea groups is 1. The fourth-order valence-corrected chi connectivity index (χ4v) is 3.81. The second-order valence-electron chi connectivity index (χ2n) is 8.33. The van der Waals surface area contributed by atoms with Crippen molar-refractivity contribution in [3.05, 3.63) is 23.8 Å². The molecule has 3 aliphatic rings. The molecule has 34 heavy (non-hydrogen) atoms. The third kappa shape index (κ3) is 5.51. The van der Waals surface area contributed by atoms with Gasteiger partial charge in [0, 0.05) is 37.7 Å². The molecule has 3 amide bonds. The van der Waals surface area contributed by atoms with Gasteiger partial charge in [-0.25, -0.2) is 32.2 Å². The van der Waals surface area contributed by atoms with E-state index in [0.717, 1.165) is 34.9 Å². The van der Waals surface area contributed by atoms with Gasteiger partial charge in [0.05, 0.1) is 25.4 Å². The fourth-order valence-electron chi connectivity index (χ4n) is 3.81. The summed E-state index contributed by atoms with van der Waals surface area (Å²) in [5.41, 5.74) is -0.411. The van der Waals surface area contributed by atoms with Crippen molar-refractivity contribution < 1.29 is 41.5 Å². The van der Waals surface area contributed by atoms with Crippen molar-refractivity contribution in [2.75, 3.05) is 42.6 Å². The molecule has 3 fully saturated rings. The van der Waals surface area contributed by atoms with Gasteiger partial charge in [-0.1, -0.05) is 0 Å². The van der Waals surface area contributed by atoms with Crippen molar-refractivity contribution >= 4 is 29.3 Å². The Morgan fingerprint density at radius 3 is 2.47 bits per heavy atom. The smallest absolute Gasteiger partial charge is 0.414 e. The lowest BCUT2D eigenvalue weighted by Gasteiger charge is -2.24. The van der Waals surface area contributed by atoms with E-state index >= 15 is 0 Å². The number of ketones is 1. The standard InChI is InChI=1S/C21H24F4N4O5/c22-15-9-13(28-11-14(34-21(28)32)3-4-17(30)19(24)25)10-16(23)18(15)27-5-6-29(33-8-7-27)20(31)26-12-1-2-12/h9-10,12,14,19H,1-8,11H2,(H,26,31)/t14-/m0/s1. The van der Waals surface area contributed by atoms with E-state index in [9.17, 15) is 31.9 Å². The monoisotopic (exact) mass is 488 g/mol. The van der Waals surface area contributed by atoms with Crippen LogP contribution in [0.15, 0.2) is 12.1 Å². The average molecular weight is 488 g/mol. The Hall–Kier alpha value is -3.09. The first-order valence-electron chi connectivity index (χ1n) is 11.0. The van der Waals surface area contributed by atoms with Gasteiger partial charge in [0.25, 0.3) is 6.43 Å². The molecule has 13 heteroatoms. The zero-order valence-corrected chi connectivity index (χ0v) is 18.1. The van der Waals surface area contributed by atoms with E-state index in [4.69, 9.17) is 9.57 Å². The van der Waals surface area contributed by atoms with E-state index in [2.05, 4.69) is 5.32 Å². The van der Waals surface area contributed by atoms with Gasteiger partial charge >= 0.3 is 12.1 Å². The molecule has 1 aliphatic carbocycles. The van der Waals surface area contributed by atoms with Gasteiger partial charge in [0.1, 0.15) is 11.8 Å². The van der Waals surface area contributed by atoms with Crippen LogP contribution in [0.5, 0.6) is 0 Å². The zero-order valence-electron chi connectivity index (χ0n) is 18.1. The van der Waals surface area contributed by atoms with Gasteiger partial charge in [-0.15, -0.1) is 0 Å². The summed E-state index contributed by atoms with van der Waals surface area (Å²) in [6, 6.07) is 1.71. The van der Waals surface area contributed by atoms with E-state index in [-0.39, 0.29) is 56.6 Å². The molecule has 1 aromatic rings. The molecule has 2 saturated heterocycles. The molecule has 1 aromatic carbocycles. The van der Waals surface area contributed by atoms with E-state index < -0.39 is 48.5 Å². The van der Waals surface area contributed by atoms with Crippen LogP contribution < -0.4 is 15.1 Å². The second-order valence-corrected chi connectivity index (χ2v) is 8.33. The van der Waals surface area contributed by atoms with Gasteiger partial charge in [0.2, 0.25) is 0 Å². The first-order chi connectivity index (χ1) is 16.2. The van der Waals surface area contributed by atoms with Crippen molar-refractivity contribution in [1.29, 1.82) is 0 Å². The minimum absolute atomic E-state index is 0.0379. The molecular weight excluding hydrogens is 464 g/mol. The Morgan fingerprint density at radius 1 is 1.12 bits per heavy atom. The van der Waals surface area contributed by atoms with E-state index in [0.29, 0.717) is 0 Å². The van der Waals surface area contributed by atoms with E-state index in [1.165, 1.54) is 4.90 Å². The van der Waals surface area contributed by atoms with Crippen molar-refractivity contribution in [2.24, 2.45) is 0 Å². The predicted molar refractivity (Wildman–Crippen MR) is 111 cm³/mol. The lowest BCUT2D eigenvalue weighted by Crippen LogP contribution is -2.42. The zero-order chi connectivity index (χ0) is 24.4. The Morgan fingerprint density at radius 2 is 1.82 bits per heavy atom. The number of amides is 3. The van der Waals surface area contributed by atoms with Crippen molar-refractivity contribution in [2.45, 2.75) is 44.3 Å². The molecule has 0 aromatic heterocycles. The molecular formula is C21H24F4N4O5. The molecule has 0 spiro atoms. The number of cyclic esters (lactones) is 1. The number of hydrogen-bond acceptors (Lipinski definition) is 6. The number of carbonyl (C=O) groups excluding carboxylic acids is 3. The lowest BCUT2D eigenvalue weighted by molar-refractivity contribution is -0.129. The van der Waals surface area contributed by atoms with Crippen LogP contribution in [-0.4, -0.2) is 74.3 Å². The Labute approximate surface area is 192 Å².